The molecule has 0 bridgehead atoms. The fourth-order valence-corrected chi connectivity index (χ4v) is 4.87. The number of likely N-dealkylation sites (N-methyl/N-ethyl adjacent to an activating group) is 1. The van der Waals surface area contributed by atoms with Crippen molar-refractivity contribution in [1.29, 1.82) is 0 Å². The van der Waals surface area contributed by atoms with Gasteiger partial charge in [0, 0.05) is 11.8 Å². The Morgan fingerprint density at radius 3 is 2.41 bits per heavy atom. The van der Waals surface area contributed by atoms with E-state index in [0.29, 0.717) is 0 Å². The van der Waals surface area contributed by atoms with E-state index >= 15 is 0 Å². The van der Waals surface area contributed by atoms with E-state index in [1.54, 1.807) is 0 Å². The molecule has 0 aromatic heterocycles. The van der Waals surface area contributed by atoms with Gasteiger partial charge in [-0.05, 0) is 37.7 Å². The van der Waals surface area contributed by atoms with Crippen molar-refractivity contribution in [3.05, 3.63) is 35.9 Å². The first kappa shape index (κ1) is 16.0. The lowest BCUT2D eigenvalue weighted by Crippen LogP contribution is -2.58. The van der Waals surface area contributed by atoms with Crippen molar-refractivity contribution < 1.29 is 9.59 Å². The van der Waals surface area contributed by atoms with Crippen LogP contribution in [0.25, 0.3) is 0 Å². The SMILES string of the molecule is C[N+]1(CC2(c3ccccc3)CCCC2)CCCCCCC1O. The Morgan fingerprint density at radius 1 is 1.00 bits per heavy atom. The number of aliphatic hydroxyl groups excluding tert-OH is 1. The van der Waals surface area contributed by atoms with Crippen LogP contribution in [0.1, 0.15) is 63.4 Å². The van der Waals surface area contributed by atoms with Crippen LogP contribution in [-0.4, -0.2) is 36.0 Å². The summed E-state index contributed by atoms with van der Waals surface area (Å²) in [5.41, 5.74) is 1.79. The van der Waals surface area contributed by atoms with Crippen LogP contribution in [-0.2, 0) is 5.41 Å². The first-order chi connectivity index (χ1) is 10.6. The van der Waals surface area contributed by atoms with Crippen molar-refractivity contribution in [2.24, 2.45) is 0 Å². The number of hydrogen-bond acceptors (Lipinski definition) is 1. The molecule has 0 radical (unpaired) electrons. The van der Waals surface area contributed by atoms with Crippen LogP contribution in [0.3, 0.4) is 0 Å². The molecular formula is C20H32NO+. The average Bonchev–Trinajstić information content (AvgIpc) is 2.99. The minimum Gasteiger partial charge on any atom is -0.345 e. The minimum atomic E-state index is -0.179. The van der Waals surface area contributed by atoms with Crippen molar-refractivity contribution in [2.75, 3.05) is 20.1 Å². The van der Waals surface area contributed by atoms with Crippen LogP contribution in [0.4, 0.5) is 0 Å². The number of likely N-dealkylation sites (tertiary alicyclic amines) is 1. The summed E-state index contributed by atoms with van der Waals surface area (Å²) in [5.74, 6) is 0. The molecule has 1 aromatic carbocycles. The zero-order valence-corrected chi connectivity index (χ0v) is 14.1. The second-order valence-electron chi connectivity index (χ2n) is 7.90. The van der Waals surface area contributed by atoms with E-state index < -0.39 is 0 Å². The second kappa shape index (κ2) is 6.72. The van der Waals surface area contributed by atoms with Crippen LogP contribution < -0.4 is 0 Å². The van der Waals surface area contributed by atoms with Crippen LogP contribution in [0.15, 0.2) is 30.3 Å². The molecule has 122 valence electrons. The Bertz CT molecular complexity index is 466. The molecule has 2 nitrogen and oxygen atoms in total. The van der Waals surface area contributed by atoms with Gasteiger partial charge in [-0.15, -0.1) is 0 Å². The van der Waals surface area contributed by atoms with E-state index in [0.717, 1.165) is 24.0 Å². The highest BCUT2D eigenvalue weighted by Crippen LogP contribution is 2.43. The second-order valence-corrected chi connectivity index (χ2v) is 7.90. The van der Waals surface area contributed by atoms with Crippen LogP contribution in [0.2, 0.25) is 0 Å². The highest BCUT2D eigenvalue weighted by atomic mass is 16.3. The smallest absolute Gasteiger partial charge is 0.190 e. The fraction of sp³-hybridized carbons (Fsp3) is 0.700. The summed E-state index contributed by atoms with van der Waals surface area (Å²) in [4.78, 5) is 0. The van der Waals surface area contributed by atoms with Crippen molar-refractivity contribution in [1.82, 2.24) is 0 Å². The predicted molar refractivity (Wildman–Crippen MR) is 91.6 cm³/mol. The summed E-state index contributed by atoms with van der Waals surface area (Å²) in [6.07, 6.45) is 11.1. The van der Waals surface area contributed by atoms with Gasteiger partial charge < -0.3 is 9.59 Å². The summed E-state index contributed by atoms with van der Waals surface area (Å²) in [6.45, 7) is 2.24. The lowest BCUT2D eigenvalue weighted by atomic mass is 9.77. The Hall–Kier alpha value is -0.860. The molecule has 0 amide bonds. The molecule has 1 aliphatic heterocycles. The zero-order valence-electron chi connectivity index (χ0n) is 14.1. The maximum Gasteiger partial charge on any atom is 0.190 e. The number of hydrogen-bond donors (Lipinski definition) is 1. The molecule has 2 aliphatic rings. The molecule has 1 saturated heterocycles. The maximum absolute atomic E-state index is 10.8. The van der Waals surface area contributed by atoms with Gasteiger partial charge in [-0.2, -0.15) is 0 Å². The first-order valence-electron chi connectivity index (χ1n) is 9.23. The van der Waals surface area contributed by atoms with Crippen molar-refractivity contribution in [3.63, 3.8) is 0 Å². The molecule has 1 heterocycles. The zero-order chi connectivity index (χ0) is 15.5. The van der Waals surface area contributed by atoms with Gasteiger partial charge in [0.1, 0.15) is 0 Å². The predicted octanol–water partition coefficient (Wildman–Crippen LogP) is 4.23. The molecule has 1 N–H and O–H groups in total. The molecule has 2 heteroatoms. The first-order valence-corrected chi connectivity index (χ1v) is 9.23. The Balaban J connectivity index is 1.86. The topological polar surface area (TPSA) is 20.2 Å². The third kappa shape index (κ3) is 3.23. The van der Waals surface area contributed by atoms with Gasteiger partial charge in [-0.3, -0.25) is 0 Å². The van der Waals surface area contributed by atoms with Crippen molar-refractivity contribution >= 4 is 0 Å². The third-order valence-corrected chi connectivity index (χ3v) is 6.21. The van der Waals surface area contributed by atoms with Crippen molar-refractivity contribution in [2.45, 2.75) is 69.4 Å². The van der Waals surface area contributed by atoms with Crippen LogP contribution in [0.5, 0.6) is 0 Å². The van der Waals surface area contributed by atoms with Gasteiger partial charge in [-0.1, -0.05) is 49.6 Å². The standard InChI is InChI=1S/C20H32NO/c1-21(16-10-3-2-7-13-19(21)22)17-20(14-8-9-15-20)18-11-5-4-6-12-18/h4-6,11-12,19,22H,2-3,7-10,13-17H2,1H3/q+1. The number of nitrogens with zero attached hydrogens (tertiary/aromatic N) is 1. The van der Waals surface area contributed by atoms with Gasteiger partial charge in [-0.25, -0.2) is 0 Å². The van der Waals surface area contributed by atoms with Crippen molar-refractivity contribution in [3.8, 4) is 0 Å². The lowest BCUT2D eigenvalue weighted by Gasteiger charge is -2.46. The molecule has 1 saturated carbocycles. The van der Waals surface area contributed by atoms with Gasteiger partial charge >= 0.3 is 0 Å². The van der Waals surface area contributed by atoms with E-state index in [1.807, 2.05) is 0 Å². The normalized spacial score (nSPS) is 32.4. The lowest BCUT2D eigenvalue weighted by molar-refractivity contribution is -0.958. The quantitative estimate of drug-likeness (QED) is 0.829. The largest absolute Gasteiger partial charge is 0.345 e. The summed E-state index contributed by atoms with van der Waals surface area (Å²) in [5, 5.41) is 10.8. The van der Waals surface area contributed by atoms with Gasteiger partial charge in [0.15, 0.2) is 6.23 Å². The highest BCUT2D eigenvalue weighted by Gasteiger charge is 2.45. The molecule has 2 atom stereocenters. The molecule has 2 unspecified atom stereocenters. The van der Waals surface area contributed by atoms with Gasteiger partial charge in [0.25, 0.3) is 0 Å². The van der Waals surface area contributed by atoms with E-state index in [4.69, 9.17) is 0 Å². The fourth-order valence-electron chi connectivity index (χ4n) is 4.87. The number of aliphatic hydroxyl groups is 1. The van der Waals surface area contributed by atoms with Crippen LogP contribution in [0, 0.1) is 0 Å². The molecule has 0 spiro atoms. The summed E-state index contributed by atoms with van der Waals surface area (Å²) in [6, 6.07) is 11.1. The summed E-state index contributed by atoms with van der Waals surface area (Å²) < 4.78 is 0.856. The van der Waals surface area contributed by atoms with E-state index in [1.165, 1.54) is 56.9 Å². The molecule has 3 rings (SSSR count). The molecular weight excluding hydrogens is 270 g/mol. The Morgan fingerprint density at radius 2 is 1.68 bits per heavy atom. The summed E-state index contributed by atoms with van der Waals surface area (Å²) in [7, 11) is 2.30. The van der Waals surface area contributed by atoms with Crippen LogP contribution >= 0.6 is 0 Å². The summed E-state index contributed by atoms with van der Waals surface area (Å²) >= 11 is 0. The number of rotatable bonds is 3. The Kier molecular flexibility index (Phi) is 4.89. The molecule has 1 aromatic rings. The van der Waals surface area contributed by atoms with E-state index in [-0.39, 0.29) is 11.6 Å². The molecule has 1 aliphatic carbocycles. The van der Waals surface area contributed by atoms with E-state index in [2.05, 4.69) is 37.4 Å². The molecule has 2 fully saturated rings. The van der Waals surface area contributed by atoms with Gasteiger partial charge in [0.05, 0.1) is 20.1 Å². The third-order valence-electron chi connectivity index (χ3n) is 6.21. The van der Waals surface area contributed by atoms with Gasteiger partial charge in [0.2, 0.25) is 0 Å². The highest BCUT2D eigenvalue weighted by molar-refractivity contribution is 5.26. The van der Waals surface area contributed by atoms with E-state index in [9.17, 15) is 5.11 Å². The maximum atomic E-state index is 10.8. The number of quaternary nitrogens is 1. The molecule has 22 heavy (non-hydrogen) atoms. The number of benzene rings is 1. The monoisotopic (exact) mass is 302 g/mol. The minimum absolute atomic E-state index is 0.179. The average molecular weight is 302 g/mol. The Labute approximate surface area is 135 Å².